The number of amides is 1. The summed E-state index contributed by atoms with van der Waals surface area (Å²) in [6.07, 6.45) is 0. The Kier molecular flexibility index (Phi) is 5.02. The van der Waals surface area contributed by atoms with E-state index in [1.54, 1.807) is 13.8 Å². The standard InChI is InChI=1S/C15H18N4O5/c1-7-11(8(2)19-18-7)12(15(21)22)17-13(20)9-5-6-10(23-3)16-14(9)24-4/h5-6,12H,1-4H3,(H,17,20)(H,18,19)(H,21,22)/t12-/m1/s1. The van der Waals surface area contributed by atoms with Crippen molar-refractivity contribution < 1.29 is 24.2 Å². The third kappa shape index (κ3) is 3.29. The minimum Gasteiger partial charge on any atom is -0.481 e. The van der Waals surface area contributed by atoms with Crippen LogP contribution >= 0.6 is 0 Å². The van der Waals surface area contributed by atoms with Gasteiger partial charge in [-0.3, -0.25) is 9.89 Å². The molecule has 0 bridgehead atoms. The number of carbonyl (C=O) groups excluding carboxylic acids is 1. The third-order valence-electron chi connectivity index (χ3n) is 3.48. The minimum atomic E-state index is -1.25. The molecule has 2 rings (SSSR count). The first-order chi connectivity index (χ1) is 11.4. The number of nitrogens with zero attached hydrogens (tertiary/aromatic N) is 2. The van der Waals surface area contributed by atoms with E-state index in [-0.39, 0.29) is 17.3 Å². The maximum atomic E-state index is 12.5. The van der Waals surface area contributed by atoms with Crippen molar-refractivity contribution in [2.75, 3.05) is 14.2 Å². The van der Waals surface area contributed by atoms with Gasteiger partial charge in [-0.15, -0.1) is 0 Å². The second-order valence-electron chi connectivity index (χ2n) is 5.00. The Morgan fingerprint density at radius 3 is 2.46 bits per heavy atom. The molecule has 0 saturated heterocycles. The molecular formula is C15H18N4O5. The second-order valence-corrected chi connectivity index (χ2v) is 5.00. The number of hydrogen-bond acceptors (Lipinski definition) is 6. The number of pyridine rings is 1. The third-order valence-corrected chi connectivity index (χ3v) is 3.48. The molecular weight excluding hydrogens is 316 g/mol. The SMILES string of the molecule is COc1ccc(C(=O)N[C@@H](C(=O)O)c2c(C)n[nH]c2C)c(OC)n1. The highest BCUT2D eigenvalue weighted by molar-refractivity contribution is 5.98. The zero-order valence-corrected chi connectivity index (χ0v) is 13.7. The highest BCUT2D eigenvalue weighted by Gasteiger charge is 2.28. The van der Waals surface area contributed by atoms with Crippen LogP contribution in [0.3, 0.4) is 0 Å². The molecule has 1 atom stereocenters. The van der Waals surface area contributed by atoms with Crippen LogP contribution in [0.1, 0.15) is 33.4 Å². The smallest absolute Gasteiger partial charge is 0.331 e. The average molecular weight is 334 g/mol. The number of aliphatic carboxylic acids is 1. The number of hydrogen-bond donors (Lipinski definition) is 3. The van der Waals surface area contributed by atoms with E-state index in [9.17, 15) is 14.7 Å². The van der Waals surface area contributed by atoms with E-state index in [0.29, 0.717) is 17.0 Å². The molecule has 0 radical (unpaired) electrons. The number of carbonyl (C=O) groups is 2. The number of carboxylic acids is 1. The van der Waals surface area contributed by atoms with Crippen molar-refractivity contribution in [1.82, 2.24) is 20.5 Å². The molecule has 0 spiro atoms. The molecule has 1 amide bonds. The Balaban J connectivity index is 2.34. The summed E-state index contributed by atoms with van der Waals surface area (Å²) < 4.78 is 10.0. The maximum Gasteiger partial charge on any atom is 0.331 e. The van der Waals surface area contributed by atoms with Crippen LogP contribution in [0.4, 0.5) is 0 Å². The first kappa shape index (κ1) is 17.3. The Hall–Kier alpha value is -3.10. The fraction of sp³-hybridized carbons (Fsp3) is 0.333. The molecule has 2 heterocycles. The highest BCUT2D eigenvalue weighted by Crippen LogP contribution is 2.23. The summed E-state index contributed by atoms with van der Waals surface area (Å²) in [5.74, 6) is -1.51. The Bertz CT molecular complexity index is 752. The molecule has 2 aromatic heterocycles. The molecule has 128 valence electrons. The Morgan fingerprint density at radius 1 is 1.25 bits per heavy atom. The van der Waals surface area contributed by atoms with Crippen LogP contribution in [0.2, 0.25) is 0 Å². The van der Waals surface area contributed by atoms with E-state index in [0.717, 1.165) is 0 Å². The summed E-state index contributed by atoms with van der Waals surface area (Å²) in [6, 6.07) is 1.69. The number of aromatic amines is 1. The number of carboxylic acid groups (broad SMARTS) is 1. The van der Waals surface area contributed by atoms with Gasteiger partial charge < -0.3 is 19.9 Å². The first-order valence-electron chi connectivity index (χ1n) is 7.03. The molecule has 9 heteroatoms. The van der Waals surface area contributed by atoms with E-state index in [2.05, 4.69) is 20.5 Å². The molecule has 9 nitrogen and oxygen atoms in total. The molecule has 0 fully saturated rings. The Labute approximate surface area is 138 Å². The number of aromatic nitrogens is 3. The van der Waals surface area contributed by atoms with E-state index in [1.807, 2.05) is 0 Å². The van der Waals surface area contributed by atoms with Gasteiger partial charge in [-0.05, 0) is 19.9 Å². The van der Waals surface area contributed by atoms with Gasteiger partial charge in [0.25, 0.3) is 5.91 Å². The van der Waals surface area contributed by atoms with Crippen molar-refractivity contribution in [3.05, 3.63) is 34.6 Å². The number of ether oxygens (including phenoxy) is 2. The van der Waals surface area contributed by atoms with Gasteiger partial charge in [0.05, 0.1) is 19.9 Å². The maximum absolute atomic E-state index is 12.5. The molecule has 0 unspecified atom stereocenters. The number of aryl methyl sites for hydroxylation is 2. The summed E-state index contributed by atoms with van der Waals surface area (Å²) in [4.78, 5) is 28.1. The lowest BCUT2D eigenvalue weighted by atomic mass is 10.0. The van der Waals surface area contributed by atoms with E-state index in [1.165, 1.54) is 26.4 Å². The van der Waals surface area contributed by atoms with Crippen LogP contribution in [0.15, 0.2) is 12.1 Å². The van der Waals surface area contributed by atoms with Gasteiger partial charge in [0.2, 0.25) is 11.8 Å². The topological polar surface area (TPSA) is 126 Å². The number of rotatable bonds is 6. The van der Waals surface area contributed by atoms with Crippen molar-refractivity contribution in [3.8, 4) is 11.8 Å². The van der Waals surface area contributed by atoms with Gasteiger partial charge >= 0.3 is 5.97 Å². The molecule has 3 N–H and O–H groups in total. The lowest BCUT2D eigenvalue weighted by molar-refractivity contribution is -0.139. The van der Waals surface area contributed by atoms with Crippen molar-refractivity contribution in [1.29, 1.82) is 0 Å². The van der Waals surface area contributed by atoms with Gasteiger partial charge in [0.15, 0.2) is 6.04 Å². The fourth-order valence-electron chi connectivity index (χ4n) is 2.32. The summed E-state index contributed by atoms with van der Waals surface area (Å²) in [7, 11) is 2.80. The van der Waals surface area contributed by atoms with E-state index >= 15 is 0 Å². The predicted molar refractivity (Wildman–Crippen MR) is 83.2 cm³/mol. The van der Waals surface area contributed by atoms with Crippen LogP contribution in [-0.4, -0.2) is 46.4 Å². The molecule has 0 aromatic carbocycles. The van der Waals surface area contributed by atoms with Gasteiger partial charge in [0.1, 0.15) is 5.56 Å². The quantitative estimate of drug-likeness (QED) is 0.719. The number of nitrogens with one attached hydrogen (secondary N) is 2. The first-order valence-corrected chi connectivity index (χ1v) is 7.03. The average Bonchev–Trinajstić information content (AvgIpc) is 2.90. The lowest BCUT2D eigenvalue weighted by Gasteiger charge is -2.16. The van der Waals surface area contributed by atoms with Gasteiger partial charge in [0, 0.05) is 17.3 Å². The largest absolute Gasteiger partial charge is 0.481 e. The molecule has 0 aliphatic rings. The van der Waals surface area contributed by atoms with E-state index < -0.39 is 17.9 Å². The van der Waals surface area contributed by atoms with Gasteiger partial charge in [-0.25, -0.2) is 4.79 Å². The van der Waals surface area contributed by atoms with Crippen LogP contribution in [0.5, 0.6) is 11.8 Å². The van der Waals surface area contributed by atoms with Crippen LogP contribution in [0.25, 0.3) is 0 Å². The highest BCUT2D eigenvalue weighted by atomic mass is 16.5. The number of H-pyrrole nitrogens is 1. The summed E-state index contributed by atoms with van der Waals surface area (Å²) in [5, 5.41) is 18.6. The van der Waals surface area contributed by atoms with Crippen LogP contribution < -0.4 is 14.8 Å². The fourth-order valence-corrected chi connectivity index (χ4v) is 2.32. The van der Waals surface area contributed by atoms with Crippen molar-refractivity contribution in [2.24, 2.45) is 0 Å². The van der Waals surface area contributed by atoms with Gasteiger partial charge in [-0.1, -0.05) is 0 Å². The van der Waals surface area contributed by atoms with Crippen molar-refractivity contribution in [2.45, 2.75) is 19.9 Å². The monoisotopic (exact) mass is 334 g/mol. The molecule has 0 saturated carbocycles. The second kappa shape index (κ2) is 6.99. The zero-order valence-electron chi connectivity index (χ0n) is 13.7. The molecule has 0 aliphatic heterocycles. The summed E-state index contributed by atoms with van der Waals surface area (Å²) in [6.45, 7) is 3.35. The van der Waals surface area contributed by atoms with Crippen molar-refractivity contribution >= 4 is 11.9 Å². The minimum absolute atomic E-state index is 0.0385. The van der Waals surface area contributed by atoms with Gasteiger partial charge in [-0.2, -0.15) is 10.1 Å². The molecule has 24 heavy (non-hydrogen) atoms. The predicted octanol–water partition coefficient (Wildman–Crippen LogP) is 0.994. The Morgan fingerprint density at radius 2 is 1.96 bits per heavy atom. The van der Waals surface area contributed by atoms with E-state index in [4.69, 9.17) is 9.47 Å². The molecule has 0 aliphatic carbocycles. The van der Waals surface area contributed by atoms with Crippen molar-refractivity contribution in [3.63, 3.8) is 0 Å². The number of methoxy groups -OCH3 is 2. The normalized spacial score (nSPS) is 11.7. The van der Waals surface area contributed by atoms with Crippen LogP contribution in [-0.2, 0) is 4.79 Å². The van der Waals surface area contributed by atoms with Crippen LogP contribution in [0, 0.1) is 13.8 Å². The lowest BCUT2D eigenvalue weighted by Crippen LogP contribution is -2.34. The zero-order chi connectivity index (χ0) is 17.9. The summed E-state index contributed by atoms with van der Waals surface area (Å²) >= 11 is 0. The summed E-state index contributed by atoms with van der Waals surface area (Å²) in [5.41, 5.74) is 1.58. The molecule has 2 aromatic rings.